The molecule has 5 aromatic carbocycles. The van der Waals surface area contributed by atoms with Gasteiger partial charge in [0.25, 0.3) is 5.91 Å². The van der Waals surface area contributed by atoms with Crippen molar-refractivity contribution in [3.05, 3.63) is 147 Å². The van der Waals surface area contributed by atoms with E-state index in [1.807, 2.05) is 78.9 Å². The number of rotatable bonds is 8. The van der Waals surface area contributed by atoms with Crippen LogP contribution in [0, 0.1) is 6.92 Å². The number of amidine groups is 1. The summed E-state index contributed by atoms with van der Waals surface area (Å²) in [7, 11) is 0. The number of hydrogen-bond acceptors (Lipinski definition) is 4. The Labute approximate surface area is 258 Å². The first kappa shape index (κ1) is 28.0. The monoisotopic (exact) mass is 632 g/mol. The summed E-state index contributed by atoms with van der Waals surface area (Å²) < 4.78 is 7.03. The van der Waals surface area contributed by atoms with Crippen molar-refractivity contribution in [1.82, 2.24) is 4.90 Å². The first-order chi connectivity index (χ1) is 20.5. The molecule has 0 atom stereocenters. The fraction of sp³-hybridized carbons (Fsp3) is 0.111. The molecular weight excluding hydrogens is 604 g/mol. The first-order valence-corrected chi connectivity index (χ1v) is 15.4. The van der Waals surface area contributed by atoms with E-state index in [9.17, 15) is 4.79 Å². The van der Waals surface area contributed by atoms with Gasteiger partial charge in [-0.15, -0.1) is 0 Å². The topological polar surface area (TPSA) is 41.9 Å². The lowest BCUT2D eigenvalue weighted by Crippen LogP contribution is -2.31. The molecule has 4 nitrogen and oxygen atoms in total. The largest absolute Gasteiger partial charge is 0.488 e. The Kier molecular flexibility index (Phi) is 8.54. The summed E-state index contributed by atoms with van der Waals surface area (Å²) in [4.78, 5) is 20.9. The number of carbonyl (C=O) groups is 1. The van der Waals surface area contributed by atoms with Gasteiger partial charge in [-0.25, -0.2) is 4.99 Å². The van der Waals surface area contributed by atoms with E-state index in [1.165, 1.54) is 33.7 Å². The van der Waals surface area contributed by atoms with Crippen LogP contribution in [0.1, 0.15) is 22.3 Å². The number of benzene rings is 5. The third-order valence-electron chi connectivity index (χ3n) is 7.13. The van der Waals surface area contributed by atoms with Crippen LogP contribution in [0.2, 0.25) is 0 Å². The summed E-state index contributed by atoms with van der Waals surface area (Å²) in [5.74, 6) is 0.718. The van der Waals surface area contributed by atoms with Crippen molar-refractivity contribution in [2.75, 3.05) is 6.54 Å². The van der Waals surface area contributed by atoms with Crippen molar-refractivity contribution >= 4 is 61.3 Å². The van der Waals surface area contributed by atoms with Gasteiger partial charge in [-0.3, -0.25) is 9.69 Å². The second kappa shape index (κ2) is 12.8. The van der Waals surface area contributed by atoms with Crippen LogP contribution in [-0.4, -0.2) is 22.5 Å². The Morgan fingerprint density at radius 2 is 1.64 bits per heavy atom. The van der Waals surface area contributed by atoms with Crippen molar-refractivity contribution in [2.45, 2.75) is 20.0 Å². The average molecular weight is 634 g/mol. The van der Waals surface area contributed by atoms with Gasteiger partial charge in [0.1, 0.15) is 12.4 Å². The zero-order valence-electron chi connectivity index (χ0n) is 23.2. The van der Waals surface area contributed by atoms with Crippen LogP contribution in [0.15, 0.2) is 130 Å². The summed E-state index contributed by atoms with van der Waals surface area (Å²) in [6.07, 6.45) is 2.68. The standard InChI is InChI=1S/C36H29BrN2O2S/c1-25-14-17-30(18-15-25)38-36-39(21-20-26-8-3-2-4-9-26)35(40)34(42-36)23-27-16-19-33(32(37)22-27)41-24-29-12-7-11-28-10-5-6-13-31(28)29/h2-19,22-23H,20-21,24H2,1H3/b34-23+,38-36?. The molecule has 0 saturated carbocycles. The van der Waals surface area contributed by atoms with E-state index >= 15 is 0 Å². The quantitative estimate of drug-likeness (QED) is 0.160. The number of fused-ring (bicyclic) bond motifs is 1. The molecule has 1 saturated heterocycles. The van der Waals surface area contributed by atoms with Crippen molar-refractivity contribution in [2.24, 2.45) is 4.99 Å². The van der Waals surface area contributed by atoms with Crippen molar-refractivity contribution < 1.29 is 9.53 Å². The molecule has 0 spiro atoms. The van der Waals surface area contributed by atoms with E-state index < -0.39 is 0 Å². The highest BCUT2D eigenvalue weighted by molar-refractivity contribution is 9.10. The van der Waals surface area contributed by atoms with Crippen LogP contribution < -0.4 is 4.74 Å². The number of aliphatic imine (C=N–C) groups is 1. The van der Waals surface area contributed by atoms with Gasteiger partial charge in [0.05, 0.1) is 15.1 Å². The Morgan fingerprint density at radius 1 is 0.881 bits per heavy atom. The van der Waals surface area contributed by atoms with Gasteiger partial charge >= 0.3 is 0 Å². The molecule has 0 aliphatic carbocycles. The lowest BCUT2D eigenvalue weighted by molar-refractivity contribution is -0.122. The number of aryl methyl sites for hydroxylation is 1. The molecule has 6 rings (SSSR count). The molecule has 1 aliphatic rings. The lowest BCUT2D eigenvalue weighted by Gasteiger charge is -2.15. The fourth-order valence-corrected chi connectivity index (χ4v) is 6.39. The van der Waals surface area contributed by atoms with E-state index in [4.69, 9.17) is 9.73 Å². The van der Waals surface area contributed by atoms with E-state index in [0.717, 1.165) is 33.5 Å². The van der Waals surface area contributed by atoms with E-state index in [0.29, 0.717) is 23.2 Å². The number of amides is 1. The van der Waals surface area contributed by atoms with Gasteiger partial charge in [0, 0.05) is 6.54 Å². The minimum absolute atomic E-state index is 0.0332. The minimum Gasteiger partial charge on any atom is -0.488 e. The molecule has 0 bridgehead atoms. The number of hydrogen-bond donors (Lipinski definition) is 0. The summed E-state index contributed by atoms with van der Waals surface area (Å²) in [5, 5.41) is 3.08. The van der Waals surface area contributed by atoms with Gasteiger partial charge in [-0.1, -0.05) is 96.6 Å². The molecule has 208 valence electrons. The highest BCUT2D eigenvalue weighted by Gasteiger charge is 2.33. The zero-order chi connectivity index (χ0) is 28.9. The number of ether oxygens (including phenoxy) is 1. The maximum absolute atomic E-state index is 13.6. The van der Waals surface area contributed by atoms with Crippen molar-refractivity contribution in [3.8, 4) is 5.75 Å². The summed E-state index contributed by atoms with van der Waals surface area (Å²) in [6, 6.07) is 38.8. The molecule has 1 aliphatic heterocycles. The lowest BCUT2D eigenvalue weighted by atomic mass is 10.1. The molecule has 0 unspecified atom stereocenters. The number of carbonyl (C=O) groups excluding carboxylic acids is 1. The summed E-state index contributed by atoms with van der Waals surface area (Å²) in [5.41, 5.74) is 5.23. The molecule has 1 fully saturated rings. The molecule has 5 aromatic rings. The van der Waals surface area contributed by atoms with Crippen LogP contribution in [0.5, 0.6) is 5.75 Å². The smallest absolute Gasteiger partial charge is 0.266 e. The second-order valence-corrected chi connectivity index (χ2v) is 12.0. The predicted octanol–water partition coefficient (Wildman–Crippen LogP) is 9.34. The van der Waals surface area contributed by atoms with Crippen LogP contribution >= 0.6 is 27.7 Å². The normalized spacial score (nSPS) is 15.2. The van der Waals surface area contributed by atoms with Gasteiger partial charge in [-0.05, 0) is 98.8 Å². The highest BCUT2D eigenvalue weighted by Crippen LogP contribution is 2.36. The van der Waals surface area contributed by atoms with Gasteiger partial charge in [-0.2, -0.15) is 0 Å². The van der Waals surface area contributed by atoms with Crippen LogP contribution in [0.4, 0.5) is 5.69 Å². The molecule has 0 N–H and O–H groups in total. The molecular formula is C36H29BrN2O2S. The van der Waals surface area contributed by atoms with Gasteiger partial charge in [0.15, 0.2) is 5.17 Å². The maximum atomic E-state index is 13.6. The number of thioether (sulfide) groups is 1. The Hall–Kier alpha value is -4.13. The third kappa shape index (κ3) is 6.51. The molecule has 1 heterocycles. The molecule has 42 heavy (non-hydrogen) atoms. The zero-order valence-corrected chi connectivity index (χ0v) is 25.6. The van der Waals surface area contributed by atoms with Gasteiger partial charge < -0.3 is 4.74 Å². The van der Waals surface area contributed by atoms with Crippen LogP contribution in [0.25, 0.3) is 16.8 Å². The van der Waals surface area contributed by atoms with Crippen molar-refractivity contribution in [3.63, 3.8) is 0 Å². The van der Waals surface area contributed by atoms with Crippen LogP contribution in [0.3, 0.4) is 0 Å². The SMILES string of the molecule is Cc1ccc(N=C2S/C(=C/c3ccc(OCc4cccc5ccccc45)c(Br)c3)C(=O)N2CCc2ccccc2)cc1. The van der Waals surface area contributed by atoms with Crippen LogP contribution in [-0.2, 0) is 17.8 Å². The first-order valence-electron chi connectivity index (χ1n) is 13.8. The third-order valence-corrected chi connectivity index (χ3v) is 8.76. The fourth-order valence-electron chi connectivity index (χ4n) is 4.85. The number of nitrogens with zero attached hydrogens (tertiary/aromatic N) is 2. The number of halogens is 1. The predicted molar refractivity (Wildman–Crippen MR) is 178 cm³/mol. The minimum atomic E-state index is -0.0332. The second-order valence-electron chi connectivity index (χ2n) is 10.1. The molecule has 1 amide bonds. The van der Waals surface area contributed by atoms with E-state index in [-0.39, 0.29) is 5.91 Å². The molecule has 0 radical (unpaired) electrons. The Bertz CT molecular complexity index is 1790. The van der Waals surface area contributed by atoms with E-state index in [2.05, 4.69) is 65.3 Å². The highest BCUT2D eigenvalue weighted by atomic mass is 79.9. The summed E-state index contributed by atoms with van der Waals surface area (Å²) >= 11 is 5.09. The Balaban J connectivity index is 1.22. The molecule has 0 aromatic heterocycles. The Morgan fingerprint density at radius 3 is 2.45 bits per heavy atom. The average Bonchev–Trinajstić information content (AvgIpc) is 3.30. The van der Waals surface area contributed by atoms with Gasteiger partial charge in [0.2, 0.25) is 0 Å². The van der Waals surface area contributed by atoms with E-state index in [1.54, 1.807) is 4.90 Å². The summed E-state index contributed by atoms with van der Waals surface area (Å²) in [6.45, 7) is 3.07. The molecule has 6 heteroatoms. The van der Waals surface area contributed by atoms with Crippen molar-refractivity contribution in [1.29, 1.82) is 0 Å². The maximum Gasteiger partial charge on any atom is 0.266 e.